The van der Waals surface area contributed by atoms with E-state index in [2.05, 4.69) is 0 Å². The molecule has 1 saturated carbocycles. The first-order valence-electron chi connectivity index (χ1n) is 6.03. The molecule has 1 rings (SSSR count). The lowest BCUT2D eigenvalue weighted by Crippen LogP contribution is -2.47. The van der Waals surface area contributed by atoms with Crippen molar-refractivity contribution in [3.8, 4) is 0 Å². The minimum Gasteiger partial charge on any atom is -0.480 e. The topological polar surface area (TPSA) is 83.5 Å². The van der Waals surface area contributed by atoms with Crippen LogP contribution in [0.2, 0.25) is 0 Å². The number of hydrogen-bond acceptors (Lipinski definition) is 4. The van der Waals surface area contributed by atoms with Crippen LogP contribution in [0.15, 0.2) is 0 Å². The second-order valence-corrected chi connectivity index (χ2v) is 6.02. The van der Waals surface area contributed by atoms with Gasteiger partial charge in [-0.1, -0.05) is 0 Å². The number of carbonyl (C=O) groups is 1. The third-order valence-electron chi connectivity index (χ3n) is 3.26. The van der Waals surface area contributed by atoms with Gasteiger partial charge in [0.25, 0.3) is 0 Å². The van der Waals surface area contributed by atoms with E-state index in [0.29, 0.717) is 18.6 Å². The van der Waals surface area contributed by atoms with Gasteiger partial charge in [0.15, 0.2) is 5.60 Å². The van der Waals surface area contributed by atoms with E-state index < -0.39 is 29.7 Å². The Morgan fingerprint density at radius 1 is 1.37 bits per heavy atom. The van der Waals surface area contributed by atoms with Gasteiger partial charge in [0.05, 0.1) is 0 Å². The van der Waals surface area contributed by atoms with Crippen molar-refractivity contribution >= 4 is 17.7 Å². The summed E-state index contributed by atoms with van der Waals surface area (Å²) in [6, 6.07) is -0.988. The number of carboxylic acid groups (broad SMARTS) is 1. The number of rotatable bonds is 8. The van der Waals surface area contributed by atoms with Crippen LogP contribution in [0.3, 0.4) is 0 Å². The van der Waals surface area contributed by atoms with Gasteiger partial charge in [0.1, 0.15) is 6.04 Å². The number of aliphatic carboxylic acids is 1. The second kappa shape index (κ2) is 6.32. The molecule has 4 nitrogen and oxygen atoms in total. The van der Waals surface area contributed by atoms with Crippen LogP contribution in [0.25, 0.3) is 0 Å². The summed E-state index contributed by atoms with van der Waals surface area (Å²) in [7, 11) is 0. The summed E-state index contributed by atoms with van der Waals surface area (Å²) in [6.07, 6.45) is -3.94. The molecule has 0 radical (unpaired) electrons. The van der Waals surface area contributed by atoms with E-state index in [4.69, 9.17) is 10.8 Å². The average molecular weight is 301 g/mol. The smallest absolute Gasteiger partial charge is 0.417 e. The second-order valence-electron chi connectivity index (χ2n) is 4.79. The number of aliphatic hydroxyl groups is 1. The molecule has 1 fully saturated rings. The number of hydrogen-bond donors (Lipinski definition) is 3. The molecule has 0 saturated heterocycles. The molecular weight excluding hydrogens is 283 g/mol. The third kappa shape index (κ3) is 4.54. The van der Waals surface area contributed by atoms with Gasteiger partial charge in [-0.3, -0.25) is 4.79 Å². The zero-order valence-corrected chi connectivity index (χ0v) is 11.1. The molecule has 0 aromatic rings. The molecule has 1 aliphatic carbocycles. The van der Waals surface area contributed by atoms with Crippen molar-refractivity contribution in [1.29, 1.82) is 0 Å². The molecule has 0 aliphatic heterocycles. The highest BCUT2D eigenvalue weighted by molar-refractivity contribution is 7.99. The largest absolute Gasteiger partial charge is 0.480 e. The summed E-state index contributed by atoms with van der Waals surface area (Å²) < 4.78 is 38.3. The van der Waals surface area contributed by atoms with Crippen molar-refractivity contribution in [2.45, 2.75) is 43.5 Å². The standard InChI is InChI=1S/C11H18F3NO3S/c12-11(13,14)10(18,7-1-2-7)4-6-19-5-3-8(15)9(16)17/h7-8,18H,1-6,15H2,(H,16,17). The van der Waals surface area contributed by atoms with Crippen LogP contribution in [0.4, 0.5) is 13.2 Å². The lowest BCUT2D eigenvalue weighted by molar-refractivity contribution is -0.269. The molecule has 1 aliphatic rings. The minimum absolute atomic E-state index is 0.138. The Balaban J connectivity index is 2.29. The van der Waals surface area contributed by atoms with Crippen molar-refractivity contribution < 1.29 is 28.2 Å². The maximum Gasteiger partial charge on any atom is 0.417 e. The summed E-state index contributed by atoms with van der Waals surface area (Å²) in [4.78, 5) is 10.4. The van der Waals surface area contributed by atoms with Gasteiger partial charge in [0.2, 0.25) is 0 Å². The maximum atomic E-state index is 12.8. The summed E-state index contributed by atoms with van der Waals surface area (Å²) in [6.45, 7) is 0. The summed E-state index contributed by atoms with van der Waals surface area (Å²) in [5.41, 5.74) is 2.68. The molecular formula is C11H18F3NO3S. The van der Waals surface area contributed by atoms with Gasteiger partial charge in [0, 0.05) is 0 Å². The van der Waals surface area contributed by atoms with Crippen LogP contribution in [0.1, 0.15) is 25.7 Å². The van der Waals surface area contributed by atoms with Crippen LogP contribution in [-0.4, -0.2) is 45.5 Å². The molecule has 112 valence electrons. The molecule has 4 N–H and O–H groups in total. The van der Waals surface area contributed by atoms with E-state index >= 15 is 0 Å². The Hall–Kier alpha value is -0.470. The van der Waals surface area contributed by atoms with E-state index in [0.717, 1.165) is 0 Å². The van der Waals surface area contributed by atoms with E-state index in [1.54, 1.807) is 0 Å². The summed E-state index contributed by atoms with van der Waals surface area (Å²) in [5, 5.41) is 18.3. The predicted octanol–water partition coefficient (Wildman–Crippen LogP) is 1.62. The number of nitrogens with two attached hydrogens (primary N) is 1. The zero-order chi connectivity index (χ0) is 14.7. The van der Waals surface area contributed by atoms with E-state index in [-0.39, 0.29) is 18.6 Å². The number of thioether (sulfide) groups is 1. The SMILES string of the molecule is NC(CCSCCC(O)(C1CC1)C(F)(F)F)C(=O)O. The van der Waals surface area contributed by atoms with Gasteiger partial charge >= 0.3 is 12.1 Å². The molecule has 2 unspecified atom stereocenters. The summed E-state index contributed by atoms with van der Waals surface area (Å²) in [5.74, 6) is -1.30. The predicted molar refractivity (Wildman–Crippen MR) is 65.9 cm³/mol. The Kier molecular flexibility index (Phi) is 5.52. The van der Waals surface area contributed by atoms with Crippen molar-refractivity contribution in [1.82, 2.24) is 0 Å². The fourth-order valence-corrected chi connectivity index (χ4v) is 2.88. The molecule has 0 heterocycles. The van der Waals surface area contributed by atoms with Crippen molar-refractivity contribution in [3.63, 3.8) is 0 Å². The first-order chi connectivity index (χ1) is 8.68. The maximum absolute atomic E-state index is 12.8. The minimum atomic E-state index is -4.60. The van der Waals surface area contributed by atoms with Crippen molar-refractivity contribution in [2.24, 2.45) is 11.7 Å². The molecule has 0 bridgehead atoms. The monoisotopic (exact) mass is 301 g/mol. The number of alkyl halides is 3. The van der Waals surface area contributed by atoms with Gasteiger partial charge in [-0.25, -0.2) is 0 Å². The molecule has 0 amide bonds. The fraction of sp³-hybridized carbons (Fsp3) is 0.909. The van der Waals surface area contributed by atoms with Gasteiger partial charge in [-0.15, -0.1) is 0 Å². The fourth-order valence-electron chi connectivity index (χ4n) is 1.80. The highest BCUT2D eigenvalue weighted by Gasteiger charge is 2.60. The van der Waals surface area contributed by atoms with Crippen LogP contribution in [0.5, 0.6) is 0 Å². The van der Waals surface area contributed by atoms with Gasteiger partial charge < -0.3 is 15.9 Å². The van der Waals surface area contributed by atoms with Gasteiger partial charge in [-0.2, -0.15) is 24.9 Å². The van der Waals surface area contributed by atoms with E-state index in [1.807, 2.05) is 0 Å². The first kappa shape index (κ1) is 16.6. The van der Waals surface area contributed by atoms with Crippen LogP contribution < -0.4 is 5.73 Å². The Labute approximate surface area is 113 Å². The first-order valence-corrected chi connectivity index (χ1v) is 7.19. The lowest BCUT2D eigenvalue weighted by atomic mass is 9.94. The number of carboxylic acids is 1. The zero-order valence-electron chi connectivity index (χ0n) is 10.3. The lowest BCUT2D eigenvalue weighted by Gasteiger charge is -2.30. The molecule has 0 aromatic carbocycles. The van der Waals surface area contributed by atoms with Gasteiger partial charge in [-0.05, 0) is 43.1 Å². The van der Waals surface area contributed by atoms with Crippen LogP contribution in [-0.2, 0) is 4.79 Å². The van der Waals surface area contributed by atoms with E-state index in [1.165, 1.54) is 11.8 Å². The van der Waals surface area contributed by atoms with Crippen molar-refractivity contribution in [2.75, 3.05) is 11.5 Å². The molecule has 0 aromatic heterocycles. The molecule has 0 spiro atoms. The highest BCUT2D eigenvalue weighted by Crippen LogP contribution is 2.50. The highest BCUT2D eigenvalue weighted by atomic mass is 32.2. The molecule has 19 heavy (non-hydrogen) atoms. The van der Waals surface area contributed by atoms with Crippen LogP contribution in [0, 0.1) is 5.92 Å². The molecule has 2 atom stereocenters. The average Bonchev–Trinajstić information content (AvgIpc) is 3.10. The molecule has 8 heteroatoms. The Morgan fingerprint density at radius 3 is 2.37 bits per heavy atom. The Bertz CT molecular complexity index is 323. The van der Waals surface area contributed by atoms with Crippen molar-refractivity contribution in [3.05, 3.63) is 0 Å². The quantitative estimate of drug-likeness (QED) is 0.593. The van der Waals surface area contributed by atoms with Crippen LogP contribution >= 0.6 is 11.8 Å². The third-order valence-corrected chi connectivity index (χ3v) is 4.28. The normalized spacial score (nSPS) is 20.9. The summed E-state index contributed by atoms with van der Waals surface area (Å²) >= 11 is 1.18. The number of halogens is 3. The van der Waals surface area contributed by atoms with E-state index in [9.17, 15) is 23.1 Å². The Morgan fingerprint density at radius 2 is 1.95 bits per heavy atom.